The van der Waals surface area contributed by atoms with Crippen molar-refractivity contribution < 1.29 is 14.3 Å². The summed E-state index contributed by atoms with van der Waals surface area (Å²) >= 11 is 0. The molecule has 0 N–H and O–H groups in total. The molecular weight excluding hydrogens is 336 g/mol. The lowest BCUT2D eigenvalue weighted by Gasteiger charge is -2.29. The number of pyridine rings is 1. The molecule has 1 amide bonds. The molecule has 2 heterocycles. The van der Waals surface area contributed by atoms with Gasteiger partial charge in [0, 0.05) is 29.0 Å². The van der Waals surface area contributed by atoms with E-state index < -0.39 is 11.3 Å². The minimum absolute atomic E-state index is 0.00345. The third kappa shape index (κ3) is 3.00. The molecule has 0 radical (unpaired) electrons. The summed E-state index contributed by atoms with van der Waals surface area (Å²) in [5.41, 5.74) is 1.83. The number of aromatic nitrogens is 1. The normalized spacial score (nSPS) is 15.0. The van der Waals surface area contributed by atoms with E-state index in [4.69, 9.17) is 9.47 Å². The van der Waals surface area contributed by atoms with Crippen molar-refractivity contribution >= 4 is 5.91 Å². The highest BCUT2D eigenvalue weighted by Gasteiger charge is 2.26. The van der Waals surface area contributed by atoms with Crippen molar-refractivity contribution in [3.63, 3.8) is 0 Å². The topological polar surface area (TPSA) is 87.0 Å². The second-order valence-corrected chi connectivity index (χ2v) is 6.12. The summed E-state index contributed by atoms with van der Waals surface area (Å²) in [5.74, 6) is 0.231. The van der Waals surface area contributed by atoms with Crippen molar-refractivity contribution in [2.45, 2.75) is 33.2 Å². The molecular formula is C19H20N2O5. The van der Waals surface area contributed by atoms with E-state index in [1.807, 2.05) is 37.5 Å². The number of benzene rings is 1. The van der Waals surface area contributed by atoms with Gasteiger partial charge in [0.25, 0.3) is 0 Å². The van der Waals surface area contributed by atoms with E-state index in [-0.39, 0.29) is 11.6 Å². The van der Waals surface area contributed by atoms with Gasteiger partial charge < -0.3 is 14.0 Å². The number of carbonyl (C=O) groups excluding carboxylic acids is 1. The second kappa shape index (κ2) is 7.11. The predicted octanol–water partition coefficient (Wildman–Crippen LogP) is 3.34. The van der Waals surface area contributed by atoms with Crippen LogP contribution >= 0.6 is 0 Å². The fourth-order valence-electron chi connectivity index (χ4n) is 3.30. The van der Waals surface area contributed by atoms with Gasteiger partial charge in [-0.05, 0) is 44.9 Å². The Bertz CT molecular complexity index is 932. The van der Waals surface area contributed by atoms with E-state index in [9.17, 15) is 14.5 Å². The number of nitroso groups, excluding NO2 is 1. The van der Waals surface area contributed by atoms with E-state index >= 15 is 0 Å². The van der Waals surface area contributed by atoms with Gasteiger partial charge in [-0.1, -0.05) is 0 Å². The number of hydrogen-bond donors (Lipinski definition) is 0. The smallest absolute Gasteiger partial charge is 0.322 e. The minimum atomic E-state index is -1.05. The van der Waals surface area contributed by atoms with Gasteiger partial charge in [0.1, 0.15) is 5.56 Å². The van der Waals surface area contributed by atoms with Crippen LogP contribution < -0.4 is 14.9 Å². The minimum Gasteiger partial charge on any atom is -0.490 e. The van der Waals surface area contributed by atoms with E-state index in [1.54, 1.807) is 0 Å². The van der Waals surface area contributed by atoms with Crippen LogP contribution in [0, 0.1) is 4.91 Å². The Labute approximate surface area is 150 Å². The molecule has 1 atom stereocenters. The number of nitrogens with zero attached hydrogens (tertiary/aromatic N) is 2. The summed E-state index contributed by atoms with van der Waals surface area (Å²) in [7, 11) is 0. The lowest BCUT2D eigenvalue weighted by atomic mass is 9.92. The first-order chi connectivity index (χ1) is 12.5. The van der Waals surface area contributed by atoms with Crippen LogP contribution in [0.2, 0.25) is 0 Å². The maximum Gasteiger partial charge on any atom is 0.322 e. The fraction of sp³-hybridized carbons (Fsp3) is 0.368. The molecule has 26 heavy (non-hydrogen) atoms. The molecule has 0 bridgehead atoms. The summed E-state index contributed by atoms with van der Waals surface area (Å²) in [5, 5.41) is 2.37. The monoisotopic (exact) mass is 356 g/mol. The Morgan fingerprint density at radius 2 is 1.85 bits per heavy atom. The Hall–Kier alpha value is -2.96. The number of ether oxygens (including phenoxy) is 2. The highest BCUT2D eigenvalue weighted by Crippen LogP contribution is 2.41. The number of hydrogen-bond acceptors (Lipinski definition) is 5. The van der Waals surface area contributed by atoms with Gasteiger partial charge in [-0.25, -0.2) is 0 Å². The maximum absolute atomic E-state index is 12.3. The second-order valence-electron chi connectivity index (χ2n) is 6.12. The van der Waals surface area contributed by atoms with Crippen LogP contribution in [-0.4, -0.2) is 23.7 Å². The van der Waals surface area contributed by atoms with Crippen LogP contribution in [0.5, 0.6) is 11.5 Å². The van der Waals surface area contributed by atoms with Crippen molar-refractivity contribution in [2.24, 2.45) is 5.18 Å². The van der Waals surface area contributed by atoms with Gasteiger partial charge in [-0.15, -0.1) is 4.91 Å². The molecule has 136 valence electrons. The zero-order chi connectivity index (χ0) is 18.8. The van der Waals surface area contributed by atoms with Gasteiger partial charge >= 0.3 is 5.91 Å². The molecule has 0 saturated heterocycles. The number of fused-ring (bicyclic) bond motifs is 3. The molecule has 2 aromatic rings. The Kier molecular flexibility index (Phi) is 4.88. The van der Waals surface area contributed by atoms with E-state index in [0.29, 0.717) is 36.8 Å². The summed E-state index contributed by atoms with van der Waals surface area (Å²) in [6.45, 7) is 6.79. The molecule has 0 fully saturated rings. The SMILES string of the molecule is CCOc1cc2c(cc1OCC)-c1cc(=O)c(C(=O)N=O)cn1C(C)C2. The first-order valence-electron chi connectivity index (χ1n) is 8.56. The quantitative estimate of drug-likeness (QED) is 0.767. The van der Waals surface area contributed by atoms with Crippen molar-refractivity contribution in [3.8, 4) is 22.8 Å². The van der Waals surface area contributed by atoms with Gasteiger partial charge in [0.15, 0.2) is 16.9 Å². The molecule has 1 aliphatic heterocycles. The van der Waals surface area contributed by atoms with E-state index in [2.05, 4.69) is 5.18 Å². The van der Waals surface area contributed by atoms with Gasteiger partial charge in [-0.2, -0.15) is 0 Å². The average molecular weight is 356 g/mol. The Morgan fingerprint density at radius 1 is 1.19 bits per heavy atom. The van der Waals surface area contributed by atoms with Gasteiger partial charge in [-0.3, -0.25) is 9.59 Å². The fourth-order valence-corrected chi connectivity index (χ4v) is 3.30. The summed E-state index contributed by atoms with van der Waals surface area (Å²) in [4.78, 5) is 34.4. The van der Waals surface area contributed by atoms with Crippen LogP contribution in [0.3, 0.4) is 0 Å². The molecule has 7 heteroatoms. The van der Waals surface area contributed by atoms with Gasteiger partial charge in [0.2, 0.25) is 0 Å². The summed E-state index contributed by atoms with van der Waals surface area (Å²) < 4.78 is 13.2. The molecule has 1 aromatic heterocycles. The lowest BCUT2D eigenvalue weighted by Crippen LogP contribution is -2.24. The predicted molar refractivity (Wildman–Crippen MR) is 97.0 cm³/mol. The zero-order valence-corrected chi connectivity index (χ0v) is 14.9. The first-order valence-corrected chi connectivity index (χ1v) is 8.56. The van der Waals surface area contributed by atoms with Crippen LogP contribution in [-0.2, 0) is 6.42 Å². The first kappa shape index (κ1) is 17.8. The van der Waals surface area contributed by atoms with Crippen LogP contribution in [0.4, 0.5) is 0 Å². The van der Waals surface area contributed by atoms with Crippen molar-refractivity contribution in [1.29, 1.82) is 0 Å². The van der Waals surface area contributed by atoms with Gasteiger partial charge in [0.05, 0.1) is 18.9 Å². The van der Waals surface area contributed by atoms with E-state index in [1.165, 1.54) is 12.3 Å². The molecule has 7 nitrogen and oxygen atoms in total. The third-order valence-corrected chi connectivity index (χ3v) is 4.43. The van der Waals surface area contributed by atoms with Crippen molar-refractivity contribution in [2.75, 3.05) is 13.2 Å². The molecule has 0 spiro atoms. The lowest BCUT2D eigenvalue weighted by molar-refractivity contribution is 0.0999. The van der Waals surface area contributed by atoms with Crippen LogP contribution in [0.1, 0.15) is 42.7 Å². The standard InChI is InChI=1S/C19H20N2O5/c1-4-25-17-7-12-6-11(3)21-10-14(19(23)20-24)16(22)9-15(21)13(12)8-18(17)26-5-2/h7-11H,4-6H2,1-3H3. The van der Waals surface area contributed by atoms with Crippen molar-refractivity contribution in [3.05, 3.63) is 50.7 Å². The average Bonchev–Trinajstić information content (AvgIpc) is 2.62. The molecule has 1 aromatic carbocycles. The third-order valence-electron chi connectivity index (χ3n) is 4.43. The Morgan fingerprint density at radius 3 is 2.46 bits per heavy atom. The summed E-state index contributed by atoms with van der Waals surface area (Å²) in [6.07, 6.45) is 2.12. The Balaban J connectivity index is 2.21. The largest absolute Gasteiger partial charge is 0.490 e. The molecule has 1 unspecified atom stereocenters. The van der Waals surface area contributed by atoms with E-state index in [0.717, 1.165) is 11.1 Å². The maximum atomic E-state index is 12.3. The molecule has 0 saturated carbocycles. The van der Waals surface area contributed by atoms with Crippen molar-refractivity contribution in [1.82, 2.24) is 4.57 Å². The van der Waals surface area contributed by atoms with Crippen LogP contribution in [0.15, 0.2) is 34.4 Å². The highest BCUT2D eigenvalue weighted by atomic mass is 16.5. The molecule has 0 aliphatic carbocycles. The zero-order valence-electron chi connectivity index (χ0n) is 14.9. The molecule has 3 rings (SSSR count). The highest BCUT2D eigenvalue weighted by molar-refractivity contribution is 5.94. The number of amides is 1. The number of carbonyl (C=O) groups is 1. The molecule has 1 aliphatic rings. The van der Waals surface area contributed by atoms with Crippen LogP contribution in [0.25, 0.3) is 11.3 Å². The summed E-state index contributed by atoms with van der Waals surface area (Å²) in [6, 6.07) is 5.19. The number of rotatable bonds is 5.